The molecule has 0 atom stereocenters. The van der Waals surface area contributed by atoms with E-state index >= 15 is 0 Å². The first-order valence-electron chi connectivity index (χ1n) is 8.11. The van der Waals surface area contributed by atoms with Gasteiger partial charge < -0.3 is 10.2 Å². The minimum absolute atomic E-state index is 0.159. The second kappa shape index (κ2) is 7.30. The third-order valence-electron chi connectivity index (χ3n) is 3.93. The molecule has 0 fully saturated rings. The molecule has 0 bridgehead atoms. The van der Waals surface area contributed by atoms with Crippen LogP contribution >= 0.6 is 0 Å². The number of rotatable bonds is 5. The summed E-state index contributed by atoms with van der Waals surface area (Å²) in [5.41, 5.74) is 6.66. The Kier molecular flexibility index (Phi) is 4.66. The van der Waals surface area contributed by atoms with Crippen molar-refractivity contribution in [1.29, 1.82) is 0 Å². The lowest BCUT2D eigenvalue weighted by Crippen LogP contribution is -2.06. The van der Waals surface area contributed by atoms with Gasteiger partial charge in [-0.25, -0.2) is 13.5 Å². The molecule has 1 aromatic carbocycles. The van der Waals surface area contributed by atoms with Crippen LogP contribution in [-0.2, 0) is 6.54 Å². The maximum absolute atomic E-state index is 14.5. The summed E-state index contributed by atoms with van der Waals surface area (Å²) in [7, 11) is 0. The number of halogens is 4. The minimum Gasteiger partial charge on any atom is -0.415 e. The summed E-state index contributed by atoms with van der Waals surface area (Å²) in [6.07, 6.45) is 1.49. The lowest BCUT2D eigenvalue weighted by Gasteiger charge is -2.06. The van der Waals surface area contributed by atoms with E-state index in [2.05, 4.69) is 25.5 Å². The summed E-state index contributed by atoms with van der Waals surface area (Å²) >= 11 is 0. The van der Waals surface area contributed by atoms with E-state index in [-0.39, 0.29) is 17.7 Å². The second-order valence-electron chi connectivity index (χ2n) is 5.97. The van der Waals surface area contributed by atoms with Crippen molar-refractivity contribution >= 4 is 5.69 Å². The number of nitrogen functional groups attached to an aromatic ring is 1. The van der Waals surface area contributed by atoms with Crippen LogP contribution in [0.4, 0.5) is 23.2 Å². The molecule has 3 heterocycles. The van der Waals surface area contributed by atoms with Gasteiger partial charge in [0.05, 0.1) is 18.4 Å². The van der Waals surface area contributed by atoms with Gasteiger partial charge in [-0.3, -0.25) is 4.98 Å². The Balaban J connectivity index is 1.59. The topological polar surface area (TPSA) is 109 Å². The molecular formula is C17H11F4N7O. The molecule has 0 aliphatic rings. The molecule has 29 heavy (non-hydrogen) atoms. The van der Waals surface area contributed by atoms with Gasteiger partial charge in [-0.15, -0.1) is 15.3 Å². The molecule has 8 nitrogen and oxygen atoms in total. The fourth-order valence-corrected chi connectivity index (χ4v) is 2.58. The number of aromatic nitrogens is 6. The van der Waals surface area contributed by atoms with E-state index in [4.69, 9.17) is 10.2 Å². The number of alkyl halides is 2. The van der Waals surface area contributed by atoms with E-state index in [1.165, 1.54) is 23.3 Å². The normalized spacial score (nSPS) is 11.3. The Bertz CT molecular complexity index is 1150. The molecule has 0 amide bonds. The summed E-state index contributed by atoms with van der Waals surface area (Å²) in [5, 5.41) is 14.3. The van der Waals surface area contributed by atoms with Gasteiger partial charge in [-0.05, 0) is 18.2 Å². The van der Waals surface area contributed by atoms with Crippen molar-refractivity contribution in [2.45, 2.75) is 13.0 Å². The molecule has 4 rings (SSSR count). The lowest BCUT2D eigenvalue weighted by molar-refractivity contribution is 0.116. The van der Waals surface area contributed by atoms with Crippen molar-refractivity contribution in [1.82, 2.24) is 30.2 Å². The largest absolute Gasteiger partial charge is 0.415 e. The number of hydrogen-bond donors (Lipinski definition) is 1. The molecule has 4 aromatic rings. The summed E-state index contributed by atoms with van der Waals surface area (Å²) in [4.78, 5) is 3.94. The van der Waals surface area contributed by atoms with Gasteiger partial charge >= 0.3 is 6.43 Å². The highest BCUT2D eigenvalue weighted by molar-refractivity contribution is 5.61. The summed E-state index contributed by atoms with van der Waals surface area (Å²) in [6.45, 7) is -0.257. The predicted octanol–water partition coefficient (Wildman–Crippen LogP) is 3.24. The van der Waals surface area contributed by atoms with Crippen molar-refractivity contribution in [3.63, 3.8) is 0 Å². The number of nitrogens with zero attached hydrogens (tertiary/aromatic N) is 6. The first kappa shape index (κ1) is 18.5. The van der Waals surface area contributed by atoms with Gasteiger partial charge in [0.25, 0.3) is 5.89 Å². The van der Waals surface area contributed by atoms with E-state index in [9.17, 15) is 17.6 Å². The lowest BCUT2D eigenvalue weighted by atomic mass is 10.1. The molecule has 0 unspecified atom stereocenters. The van der Waals surface area contributed by atoms with Gasteiger partial charge in [0.1, 0.15) is 17.3 Å². The predicted molar refractivity (Wildman–Crippen MR) is 91.4 cm³/mol. The van der Waals surface area contributed by atoms with Crippen LogP contribution in [0.25, 0.3) is 22.7 Å². The van der Waals surface area contributed by atoms with Crippen molar-refractivity contribution in [2.24, 2.45) is 0 Å². The molecule has 0 saturated heterocycles. The standard InChI is InChI=1S/C17H11F4N7O/c18-12-2-8(16-25-26-17(29-16)15(20)21)3-13(19)11(12)6-28-7-14(24-27-28)9-1-10(22)5-23-4-9/h1-5,7,15H,6,22H2. The minimum atomic E-state index is -2.98. The molecule has 3 aromatic heterocycles. The molecule has 0 spiro atoms. The van der Waals surface area contributed by atoms with Crippen molar-refractivity contribution < 1.29 is 22.0 Å². The maximum Gasteiger partial charge on any atom is 0.314 e. The number of benzene rings is 1. The molecule has 0 radical (unpaired) electrons. The van der Waals surface area contributed by atoms with Crippen LogP contribution in [0.3, 0.4) is 0 Å². The Morgan fingerprint density at radius 2 is 1.76 bits per heavy atom. The van der Waals surface area contributed by atoms with Gasteiger partial charge in [0.2, 0.25) is 5.89 Å². The Labute approximate surface area is 160 Å². The monoisotopic (exact) mass is 405 g/mol. The zero-order chi connectivity index (χ0) is 20.5. The number of pyridine rings is 1. The highest BCUT2D eigenvalue weighted by Crippen LogP contribution is 2.27. The zero-order valence-electron chi connectivity index (χ0n) is 14.4. The fourth-order valence-electron chi connectivity index (χ4n) is 2.58. The molecule has 148 valence electrons. The maximum atomic E-state index is 14.5. The summed E-state index contributed by atoms with van der Waals surface area (Å²) < 4.78 is 60.0. The quantitative estimate of drug-likeness (QED) is 0.508. The van der Waals surface area contributed by atoms with Crippen LogP contribution in [0.5, 0.6) is 0 Å². The van der Waals surface area contributed by atoms with Crippen LogP contribution in [-0.4, -0.2) is 30.2 Å². The third kappa shape index (κ3) is 3.77. The van der Waals surface area contributed by atoms with Gasteiger partial charge in [0, 0.05) is 29.1 Å². The fraction of sp³-hybridized carbons (Fsp3) is 0.118. The van der Waals surface area contributed by atoms with Crippen LogP contribution in [0.1, 0.15) is 17.9 Å². The Hall–Kier alpha value is -3.83. The van der Waals surface area contributed by atoms with E-state index in [1.54, 1.807) is 6.07 Å². The molecule has 0 aliphatic carbocycles. The van der Waals surface area contributed by atoms with Crippen LogP contribution in [0.2, 0.25) is 0 Å². The second-order valence-corrected chi connectivity index (χ2v) is 5.97. The molecule has 0 aliphatic heterocycles. The highest BCUT2D eigenvalue weighted by atomic mass is 19.3. The van der Waals surface area contributed by atoms with Crippen LogP contribution in [0.15, 0.2) is 41.2 Å². The number of hydrogen-bond acceptors (Lipinski definition) is 7. The first-order valence-corrected chi connectivity index (χ1v) is 8.11. The Morgan fingerprint density at radius 1 is 1.00 bits per heavy atom. The van der Waals surface area contributed by atoms with Gasteiger partial charge in [0.15, 0.2) is 0 Å². The van der Waals surface area contributed by atoms with E-state index in [0.29, 0.717) is 16.9 Å². The average Bonchev–Trinajstić information content (AvgIpc) is 3.34. The highest BCUT2D eigenvalue weighted by Gasteiger charge is 2.20. The number of anilines is 1. The number of nitrogens with two attached hydrogens (primary N) is 1. The zero-order valence-corrected chi connectivity index (χ0v) is 14.4. The van der Waals surface area contributed by atoms with Crippen molar-refractivity contribution in [2.75, 3.05) is 5.73 Å². The molecule has 0 saturated carbocycles. The Morgan fingerprint density at radius 3 is 2.41 bits per heavy atom. The molecule has 2 N–H and O–H groups in total. The van der Waals surface area contributed by atoms with E-state index in [0.717, 1.165) is 12.1 Å². The van der Waals surface area contributed by atoms with Crippen molar-refractivity contribution in [3.05, 3.63) is 59.9 Å². The SMILES string of the molecule is Nc1cncc(-c2cn(Cc3c(F)cc(-c4nnc(C(F)F)o4)cc3F)nn2)c1. The van der Waals surface area contributed by atoms with Gasteiger partial charge in [-0.1, -0.05) is 5.21 Å². The van der Waals surface area contributed by atoms with E-state index in [1.807, 2.05) is 0 Å². The molecule has 12 heteroatoms. The summed E-state index contributed by atoms with van der Waals surface area (Å²) in [5.74, 6) is -3.21. The molecular weight excluding hydrogens is 394 g/mol. The average molecular weight is 405 g/mol. The van der Waals surface area contributed by atoms with Crippen LogP contribution < -0.4 is 5.73 Å². The van der Waals surface area contributed by atoms with Crippen molar-refractivity contribution in [3.8, 4) is 22.7 Å². The first-order chi connectivity index (χ1) is 13.9. The van der Waals surface area contributed by atoms with Crippen LogP contribution in [0, 0.1) is 11.6 Å². The van der Waals surface area contributed by atoms with E-state index < -0.39 is 29.8 Å². The third-order valence-corrected chi connectivity index (χ3v) is 3.93. The van der Waals surface area contributed by atoms with Gasteiger partial charge in [-0.2, -0.15) is 8.78 Å². The smallest absolute Gasteiger partial charge is 0.314 e. The summed E-state index contributed by atoms with van der Waals surface area (Å²) in [6, 6.07) is 3.47.